The molecule has 0 amide bonds. The first-order chi connectivity index (χ1) is 9.51. The van der Waals surface area contributed by atoms with Gasteiger partial charge in [0, 0.05) is 26.2 Å². The lowest BCUT2D eigenvalue weighted by Crippen LogP contribution is -2.59. The van der Waals surface area contributed by atoms with E-state index in [9.17, 15) is 0 Å². The predicted molar refractivity (Wildman–Crippen MR) is 89.3 cm³/mol. The summed E-state index contributed by atoms with van der Waals surface area (Å²) in [6, 6.07) is 0. The summed E-state index contributed by atoms with van der Waals surface area (Å²) in [6.45, 7) is 15.0. The molecule has 2 fully saturated rings. The summed E-state index contributed by atoms with van der Waals surface area (Å²) in [4.78, 5) is 0. The Bertz CT molecular complexity index is 421. The molecule has 0 bridgehead atoms. The number of hydrogen-bond acceptors (Lipinski definition) is 2. The lowest BCUT2D eigenvalue weighted by atomic mass is 9.81. The Balaban J connectivity index is 1.83. The Hall–Kier alpha value is -0.383. The Labute approximate surface area is 125 Å². The van der Waals surface area contributed by atoms with Crippen LogP contribution in [-0.4, -0.2) is 39.0 Å². The van der Waals surface area contributed by atoms with E-state index >= 15 is 0 Å². The maximum atomic E-state index is 3.51. The summed E-state index contributed by atoms with van der Waals surface area (Å²) in [6.07, 6.45) is 8.64. The van der Waals surface area contributed by atoms with Crippen molar-refractivity contribution >= 4 is 8.24 Å². The molecule has 1 aliphatic heterocycles. The molecule has 112 valence electrons. The predicted octanol–water partition coefficient (Wildman–Crippen LogP) is 3.26. The number of fused-ring (bicyclic) bond motifs is 1. The van der Waals surface area contributed by atoms with Gasteiger partial charge in [-0.1, -0.05) is 43.8 Å². The molecule has 0 aromatic carbocycles. The molecule has 1 heterocycles. The van der Waals surface area contributed by atoms with Gasteiger partial charge in [-0.25, -0.2) is 0 Å². The molecule has 2 nitrogen and oxygen atoms in total. The number of nitrogens with zero attached hydrogens (tertiary/aromatic N) is 1. The lowest BCUT2D eigenvalue weighted by molar-refractivity contribution is 0.346. The minimum absolute atomic E-state index is 0.812. The zero-order valence-electron chi connectivity index (χ0n) is 13.5. The van der Waals surface area contributed by atoms with Crippen LogP contribution in [0.2, 0.25) is 18.6 Å². The van der Waals surface area contributed by atoms with Gasteiger partial charge in [-0.05, 0) is 36.6 Å². The number of rotatable bonds is 2. The zero-order chi connectivity index (χ0) is 14.3. The SMILES string of the molecule is CC1=CC=CC2C1C(C)CC2[Si](C)(C)N1CCNCC1. The van der Waals surface area contributed by atoms with E-state index in [2.05, 4.69) is 55.1 Å². The van der Waals surface area contributed by atoms with Crippen LogP contribution in [0.3, 0.4) is 0 Å². The molecule has 3 aliphatic rings. The van der Waals surface area contributed by atoms with E-state index in [0.29, 0.717) is 0 Å². The number of hydrogen-bond donors (Lipinski definition) is 1. The molecule has 2 aliphatic carbocycles. The third-order valence-electron chi connectivity index (χ3n) is 6.18. The topological polar surface area (TPSA) is 15.3 Å². The molecule has 20 heavy (non-hydrogen) atoms. The highest BCUT2D eigenvalue weighted by atomic mass is 28.3. The zero-order valence-corrected chi connectivity index (χ0v) is 14.5. The first-order valence-electron chi connectivity index (χ1n) is 8.32. The highest BCUT2D eigenvalue weighted by Gasteiger charge is 2.50. The Morgan fingerprint density at radius 2 is 1.95 bits per heavy atom. The van der Waals surface area contributed by atoms with Crippen LogP contribution in [-0.2, 0) is 0 Å². The van der Waals surface area contributed by atoms with Gasteiger partial charge in [-0.2, -0.15) is 0 Å². The third-order valence-corrected chi connectivity index (χ3v) is 10.7. The average molecular weight is 291 g/mol. The Morgan fingerprint density at radius 1 is 1.25 bits per heavy atom. The van der Waals surface area contributed by atoms with Crippen LogP contribution in [0.15, 0.2) is 23.8 Å². The molecule has 1 saturated heterocycles. The summed E-state index contributed by atoms with van der Waals surface area (Å²) in [5, 5.41) is 3.51. The van der Waals surface area contributed by atoms with Crippen LogP contribution in [0, 0.1) is 17.8 Å². The summed E-state index contributed by atoms with van der Waals surface area (Å²) < 4.78 is 2.87. The number of piperazine rings is 1. The fourth-order valence-corrected chi connectivity index (χ4v) is 9.08. The van der Waals surface area contributed by atoms with E-state index in [-0.39, 0.29) is 0 Å². The first kappa shape index (κ1) is 14.5. The highest BCUT2D eigenvalue weighted by molar-refractivity contribution is 6.76. The molecule has 1 N–H and O–H groups in total. The molecule has 4 unspecified atom stereocenters. The molecular formula is C17H30N2Si. The van der Waals surface area contributed by atoms with Gasteiger partial charge < -0.3 is 9.88 Å². The second-order valence-corrected chi connectivity index (χ2v) is 12.3. The summed E-state index contributed by atoms with van der Waals surface area (Å²) >= 11 is 0. The van der Waals surface area contributed by atoms with Crippen molar-refractivity contribution in [2.24, 2.45) is 17.8 Å². The van der Waals surface area contributed by atoms with E-state index in [4.69, 9.17) is 0 Å². The maximum absolute atomic E-state index is 3.51. The smallest absolute Gasteiger partial charge is 0.126 e. The van der Waals surface area contributed by atoms with Crippen LogP contribution in [0.25, 0.3) is 0 Å². The van der Waals surface area contributed by atoms with Crippen LogP contribution in [0.1, 0.15) is 20.3 Å². The fourth-order valence-electron chi connectivity index (χ4n) is 5.02. The third kappa shape index (κ3) is 2.34. The monoisotopic (exact) mass is 290 g/mol. The minimum atomic E-state index is -1.33. The average Bonchev–Trinajstić information content (AvgIpc) is 2.79. The molecule has 0 aromatic heterocycles. The van der Waals surface area contributed by atoms with Gasteiger partial charge in [-0.15, -0.1) is 0 Å². The number of nitrogens with one attached hydrogen (secondary N) is 1. The van der Waals surface area contributed by atoms with Gasteiger partial charge in [0.15, 0.2) is 0 Å². The summed E-state index contributed by atoms with van der Waals surface area (Å²) in [5.41, 5.74) is 2.55. The van der Waals surface area contributed by atoms with E-state index in [0.717, 1.165) is 23.3 Å². The molecule has 1 saturated carbocycles. The van der Waals surface area contributed by atoms with Crippen molar-refractivity contribution in [2.45, 2.75) is 38.9 Å². The molecule has 0 aromatic rings. The lowest BCUT2D eigenvalue weighted by Gasteiger charge is -2.45. The van der Waals surface area contributed by atoms with E-state index in [1.807, 2.05) is 0 Å². The van der Waals surface area contributed by atoms with Gasteiger partial charge in [0.1, 0.15) is 8.24 Å². The molecule has 3 rings (SSSR count). The van der Waals surface area contributed by atoms with E-state index in [1.54, 1.807) is 5.57 Å². The molecule has 4 atom stereocenters. The Morgan fingerprint density at radius 3 is 2.65 bits per heavy atom. The van der Waals surface area contributed by atoms with Crippen molar-refractivity contribution in [3.8, 4) is 0 Å². The van der Waals surface area contributed by atoms with Gasteiger partial charge in [0.25, 0.3) is 0 Å². The van der Waals surface area contributed by atoms with Crippen molar-refractivity contribution in [2.75, 3.05) is 26.2 Å². The summed E-state index contributed by atoms with van der Waals surface area (Å²) in [5.74, 6) is 2.49. The van der Waals surface area contributed by atoms with Crippen molar-refractivity contribution in [1.29, 1.82) is 0 Å². The van der Waals surface area contributed by atoms with Gasteiger partial charge in [0.2, 0.25) is 0 Å². The molecule has 0 radical (unpaired) electrons. The molecule has 0 spiro atoms. The van der Waals surface area contributed by atoms with Gasteiger partial charge in [0.05, 0.1) is 0 Å². The molecular weight excluding hydrogens is 260 g/mol. The van der Waals surface area contributed by atoms with E-state index in [1.165, 1.54) is 32.6 Å². The van der Waals surface area contributed by atoms with Gasteiger partial charge >= 0.3 is 0 Å². The van der Waals surface area contributed by atoms with Gasteiger partial charge in [-0.3, -0.25) is 0 Å². The minimum Gasteiger partial charge on any atom is -0.321 e. The van der Waals surface area contributed by atoms with Crippen LogP contribution >= 0.6 is 0 Å². The van der Waals surface area contributed by atoms with Crippen LogP contribution in [0.5, 0.6) is 0 Å². The highest BCUT2D eigenvalue weighted by Crippen LogP contribution is 2.54. The number of allylic oxidation sites excluding steroid dienone is 4. The largest absolute Gasteiger partial charge is 0.321 e. The first-order valence-corrected chi connectivity index (χ1v) is 11.3. The van der Waals surface area contributed by atoms with Crippen molar-refractivity contribution in [3.05, 3.63) is 23.8 Å². The quantitative estimate of drug-likeness (QED) is 0.785. The molecule has 3 heteroatoms. The van der Waals surface area contributed by atoms with Crippen molar-refractivity contribution in [1.82, 2.24) is 9.88 Å². The van der Waals surface area contributed by atoms with Crippen LogP contribution < -0.4 is 5.32 Å². The van der Waals surface area contributed by atoms with E-state index < -0.39 is 8.24 Å². The standard InChI is InChI=1S/C17H30N2Si/c1-13-6-5-7-15-16(12-14(2)17(13)15)20(3,4)19-10-8-18-9-11-19/h5-7,14-18H,8-12H2,1-4H3. The second-order valence-electron chi connectivity index (χ2n) is 7.61. The van der Waals surface area contributed by atoms with Crippen molar-refractivity contribution < 1.29 is 0 Å². The second kappa shape index (κ2) is 5.43. The van der Waals surface area contributed by atoms with Crippen molar-refractivity contribution in [3.63, 3.8) is 0 Å². The fraction of sp³-hybridized carbons (Fsp3) is 0.765. The van der Waals surface area contributed by atoms with Crippen LogP contribution in [0.4, 0.5) is 0 Å². The normalized spacial score (nSPS) is 38.7. The Kier molecular flexibility index (Phi) is 3.95. The maximum Gasteiger partial charge on any atom is 0.126 e. The summed E-state index contributed by atoms with van der Waals surface area (Å²) in [7, 11) is -1.33.